The molecule has 0 amide bonds. The highest BCUT2D eigenvalue weighted by Crippen LogP contribution is 2.79. The van der Waals surface area contributed by atoms with Crippen LogP contribution in [0.5, 0.6) is 0 Å². The molecular weight excluding hydrogens is 402 g/mol. The number of ether oxygens (including phenoxy) is 1. The summed E-state index contributed by atoms with van der Waals surface area (Å²) in [6.07, 6.45) is 12.8. The minimum atomic E-state index is -3.14. The highest BCUT2D eigenvalue weighted by molar-refractivity contribution is 7.89. The summed E-state index contributed by atoms with van der Waals surface area (Å²) in [6, 6.07) is 0. The summed E-state index contributed by atoms with van der Waals surface area (Å²) >= 11 is 0. The lowest BCUT2D eigenvalue weighted by atomic mass is 9.56. The average Bonchev–Trinajstić information content (AvgIpc) is 3.33. The van der Waals surface area contributed by atoms with Gasteiger partial charge in [0.25, 0.3) is 0 Å². The van der Waals surface area contributed by atoms with Gasteiger partial charge < -0.3 is 4.74 Å². The molecule has 0 radical (unpaired) electrons. The molecule has 3 spiro atoms. The van der Waals surface area contributed by atoms with Crippen LogP contribution in [0.1, 0.15) is 77.0 Å². The summed E-state index contributed by atoms with van der Waals surface area (Å²) in [4.78, 5) is 12.2. The van der Waals surface area contributed by atoms with Crippen LogP contribution >= 0.6 is 0 Å². The van der Waals surface area contributed by atoms with Gasteiger partial charge in [-0.1, -0.05) is 6.42 Å². The van der Waals surface area contributed by atoms with Gasteiger partial charge in [0.15, 0.2) is 0 Å². The monoisotopic (exact) mass is 437 g/mol. The summed E-state index contributed by atoms with van der Waals surface area (Å²) < 4.78 is 34.3. The van der Waals surface area contributed by atoms with Crippen LogP contribution in [0.25, 0.3) is 0 Å². The second-order valence-electron chi connectivity index (χ2n) is 11.7. The third-order valence-corrected chi connectivity index (χ3v) is 12.5. The Hall–Kier alpha value is -0.210. The van der Waals surface area contributed by atoms with E-state index in [9.17, 15) is 8.42 Å². The molecule has 0 aromatic rings. The normalized spacial score (nSPS) is 54.7. The van der Waals surface area contributed by atoms with Crippen molar-refractivity contribution in [1.29, 1.82) is 0 Å². The van der Waals surface area contributed by atoms with E-state index in [1.165, 1.54) is 32.1 Å². The predicted molar refractivity (Wildman–Crippen MR) is 109 cm³/mol. The summed E-state index contributed by atoms with van der Waals surface area (Å²) in [6.45, 7) is 1.40. The number of piperidine rings is 1. The Morgan fingerprint density at radius 2 is 1.47 bits per heavy atom. The molecule has 7 aliphatic rings. The van der Waals surface area contributed by atoms with Crippen LogP contribution in [-0.4, -0.2) is 43.1 Å². The quantitative estimate of drug-likeness (QED) is 0.628. The van der Waals surface area contributed by atoms with E-state index in [4.69, 9.17) is 14.5 Å². The Labute approximate surface area is 180 Å². The second kappa shape index (κ2) is 6.22. The molecule has 0 N–H and O–H groups in total. The zero-order valence-electron chi connectivity index (χ0n) is 17.9. The lowest BCUT2D eigenvalue weighted by molar-refractivity contribution is -0.375. The van der Waals surface area contributed by atoms with Crippen LogP contribution in [0.3, 0.4) is 0 Å². The first-order chi connectivity index (χ1) is 14.4. The molecule has 30 heavy (non-hydrogen) atoms. The first-order valence-corrected chi connectivity index (χ1v) is 14.1. The van der Waals surface area contributed by atoms with Crippen molar-refractivity contribution in [3.63, 3.8) is 0 Å². The molecule has 5 saturated carbocycles. The Bertz CT molecular complexity index is 805. The van der Waals surface area contributed by atoms with Gasteiger partial charge in [-0.3, -0.25) is 0 Å². The minimum absolute atomic E-state index is 0.205. The van der Waals surface area contributed by atoms with E-state index in [1.807, 2.05) is 0 Å². The van der Waals surface area contributed by atoms with Gasteiger partial charge in [0, 0.05) is 37.8 Å². The van der Waals surface area contributed by atoms with Crippen LogP contribution in [0.4, 0.5) is 0 Å². The van der Waals surface area contributed by atoms with Gasteiger partial charge >= 0.3 is 0 Å². The molecule has 5 aliphatic carbocycles. The fraction of sp³-hybridized carbons (Fsp3) is 1.00. The predicted octanol–water partition coefficient (Wildman–Crippen LogP) is 3.82. The van der Waals surface area contributed by atoms with Crippen molar-refractivity contribution in [1.82, 2.24) is 4.31 Å². The Morgan fingerprint density at radius 3 is 2.13 bits per heavy atom. The van der Waals surface area contributed by atoms with E-state index in [2.05, 4.69) is 0 Å². The lowest BCUT2D eigenvalue weighted by Crippen LogP contribution is -2.50. The maximum atomic E-state index is 12.9. The van der Waals surface area contributed by atoms with Gasteiger partial charge in [-0.05, 0) is 81.0 Å². The lowest BCUT2D eigenvalue weighted by Gasteiger charge is -2.49. The van der Waals surface area contributed by atoms with E-state index < -0.39 is 21.6 Å². The molecule has 7 fully saturated rings. The fourth-order valence-electron chi connectivity index (χ4n) is 8.90. The first kappa shape index (κ1) is 19.3. The van der Waals surface area contributed by atoms with E-state index in [0.29, 0.717) is 30.3 Å². The third-order valence-electron chi connectivity index (χ3n) is 10.4. The van der Waals surface area contributed by atoms with Gasteiger partial charge in [-0.2, -0.15) is 9.78 Å². The van der Waals surface area contributed by atoms with Crippen molar-refractivity contribution >= 4 is 10.0 Å². The molecule has 2 aliphatic heterocycles. The minimum Gasteiger partial charge on any atom is -0.312 e. The molecule has 0 aromatic heterocycles. The SMILES string of the molecule is O=S(=O)(C[C@H]1CC[C@]2(CC1)OO[C@]1(O2)C2CC3CC4CC1CC34C2)N1CCCCC1. The van der Waals surface area contributed by atoms with Crippen LogP contribution in [0, 0.1) is 35.0 Å². The summed E-state index contributed by atoms with van der Waals surface area (Å²) in [5.41, 5.74) is 0.629. The van der Waals surface area contributed by atoms with E-state index >= 15 is 0 Å². The van der Waals surface area contributed by atoms with Crippen molar-refractivity contribution in [3.8, 4) is 0 Å². The number of hydrogen-bond acceptors (Lipinski definition) is 5. The highest BCUT2D eigenvalue weighted by atomic mass is 32.2. The molecule has 2 heterocycles. The highest BCUT2D eigenvalue weighted by Gasteiger charge is 2.77. The first-order valence-electron chi connectivity index (χ1n) is 12.5. The zero-order valence-corrected chi connectivity index (χ0v) is 18.7. The van der Waals surface area contributed by atoms with Crippen molar-refractivity contribution in [3.05, 3.63) is 0 Å². The molecule has 7 rings (SSSR count). The van der Waals surface area contributed by atoms with E-state index in [1.54, 1.807) is 4.31 Å². The largest absolute Gasteiger partial charge is 0.312 e. The van der Waals surface area contributed by atoms with Crippen molar-refractivity contribution in [2.75, 3.05) is 18.8 Å². The smallest absolute Gasteiger partial charge is 0.214 e. The van der Waals surface area contributed by atoms with E-state index in [0.717, 1.165) is 56.8 Å². The van der Waals surface area contributed by atoms with Gasteiger partial charge in [0.1, 0.15) is 0 Å². The van der Waals surface area contributed by atoms with Crippen molar-refractivity contribution < 1.29 is 22.9 Å². The molecule has 4 unspecified atom stereocenters. The Morgan fingerprint density at radius 1 is 0.833 bits per heavy atom. The number of nitrogens with zero attached hydrogens (tertiary/aromatic N) is 1. The summed E-state index contributed by atoms with van der Waals surface area (Å²) in [5.74, 6) is 2.12. The molecule has 4 atom stereocenters. The topological polar surface area (TPSA) is 65.1 Å². The molecular formula is C23H35NO5S. The number of sulfonamides is 1. The Balaban J connectivity index is 1.02. The fourth-order valence-corrected chi connectivity index (χ4v) is 10.9. The second-order valence-corrected chi connectivity index (χ2v) is 13.7. The Kier molecular flexibility index (Phi) is 4.00. The van der Waals surface area contributed by atoms with Gasteiger partial charge in [0.2, 0.25) is 21.6 Å². The molecule has 2 saturated heterocycles. The molecule has 3 bridgehead atoms. The summed E-state index contributed by atoms with van der Waals surface area (Å²) in [7, 11) is -3.14. The van der Waals surface area contributed by atoms with Crippen LogP contribution in [-0.2, 0) is 24.5 Å². The average molecular weight is 438 g/mol. The van der Waals surface area contributed by atoms with Gasteiger partial charge in [-0.15, -0.1) is 0 Å². The van der Waals surface area contributed by atoms with Crippen molar-refractivity contribution in [2.24, 2.45) is 35.0 Å². The maximum Gasteiger partial charge on any atom is 0.214 e. The van der Waals surface area contributed by atoms with Crippen LogP contribution in [0.15, 0.2) is 0 Å². The van der Waals surface area contributed by atoms with Crippen LogP contribution in [0.2, 0.25) is 0 Å². The van der Waals surface area contributed by atoms with E-state index in [-0.39, 0.29) is 11.7 Å². The van der Waals surface area contributed by atoms with Gasteiger partial charge in [-0.25, -0.2) is 12.7 Å². The number of hydrogen-bond donors (Lipinski definition) is 0. The molecule has 168 valence electrons. The van der Waals surface area contributed by atoms with Gasteiger partial charge in [0.05, 0.1) is 5.75 Å². The van der Waals surface area contributed by atoms with Crippen LogP contribution < -0.4 is 0 Å². The zero-order chi connectivity index (χ0) is 20.2. The third kappa shape index (κ3) is 2.47. The maximum absolute atomic E-state index is 12.9. The van der Waals surface area contributed by atoms with Crippen molar-refractivity contribution in [2.45, 2.75) is 88.6 Å². The standard InChI is InChI=1S/C23H35NO5S/c25-30(26,24-8-2-1-3-9-24)15-16-4-6-22(7-5-16)27-23(29-28-22)19-11-17-10-18-12-20(23)14-21(17,18)13-19/h16-20H,1-15H2/t16-,17?,18?,19?,20?,21?,22+,23?. The summed E-state index contributed by atoms with van der Waals surface area (Å²) in [5, 5.41) is 0. The number of fused-ring (bicyclic) bond motifs is 4. The molecule has 7 heteroatoms. The molecule has 0 aromatic carbocycles. The molecule has 6 nitrogen and oxygen atoms in total. The number of rotatable bonds is 3.